The van der Waals surface area contributed by atoms with Crippen LogP contribution in [0.25, 0.3) is 22.0 Å². The molecule has 6 nitrogen and oxygen atoms in total. The molecule has 1 aromatic heterocycles. The van der Waals surface area contributed by atoms with Gasteiger partial charge in [0, 0.05) is 66.0 Å². The normalized spacial score (nSPS) is 20.9. The lowest BCUT2D eigenvalue weighted by Gasteiger charge is -2.39. The predicted octanol–water partition coefficient (Wildman–Crippen LogP) is 4.62. The molecule has 2 atom stereocenters. The second-order valence-electron chi connectivity index (χ2n) is 9.45. The largest absolute Gasteiger partial charge is 0.417 e. The predicted molar refractivity (Wildman–Crippen MR) is 132 cm³/mol. The fraction of sp³-hybridized carbons (Fsp3) is 0.440. The molecule has 0 aliphatic carbocycles. The van der Waals surface area contributed by atoms with E-state index in [1.807, 2.05) is 18.9 Å². The highest BCUT2D eigenvalue weighted by molar-refractivity contribution is 7.99. The van der Waals surface area contributed by atoms with Crippen LogP contribution in [0.5, 0.6) is 0 Å². The Labute approximate surface area is 214 Å². The number of alkyl halides is 3. The van der Waals surface area contributed by atoms with Gasteiger partial charge in [0.1, 0.15) is 17.5 Å². The van der Waals surface area contributed by atoms with Gasteiger partial charge >= 0.3 is 11.9 Å². The van der Waals surface area contributed by atoms with Gasteiger partial charge in [0.05, 0.1) is 23.7 Å². The molecular formula is C25H25F5N4O2S. The number of methoxy groups -OCH3 is 1. The average Bonchev–Trinajstić information content (AvgIpc) is 3.02. The van der Waals surface area contributed by atoms with E-state index in [1.54, 1.807) is 0 Å². The van der Waals surface area contributed by atoms with E-state index in [0.717, 1.165) is 30.0 Å². The molecule has 0 radical (unpaired) electrons. The zero-order valence-corrected chi connectivity index (χ0v) is 21.2. The molecule has 0 N–H and O–H groups in total. The third kappa shape index (κ3) is 4.59. The Hall–Kier alpha value is -2.70. The van der Waals surface area contributed by atoms with Crippen LogP contribution in [0.4, 0.5) is 27.8 Å². The topological polar surface area (TPSA) is 50.6 Å². The van der Waals surface area contributed by atoms with Crippen molar-refractivity contribution in [1.82, 2.24) is 14.5 Å². The lowest BCUT2D eigenvalue weighted by Crippen LogP contribution is -2.51. The van der Waals surface area contributed by atoms with Crippen LogP contribution >= 0.6 is 11.8 Å². The standard InChI is InChI=1S/C25H25F5N4O2S/c1-13-10-32(2)6-7-33(13)23-17-9-18(25(28,29)30)20(16-5-4-14(26)8-19(16)27)22-21(17)34(24(35)31-23)11-15(36-3)12-37-22/h4-5,8-9,13,15H,6-7,10-12H2,1-3H3/t13-,15-/m0/s1. The maximum Gasteiger partial charge on any atom is 0.417 e. The highest BCUT2D eigenvalue weighted by Gasteiger charge is 2.39. The molecule has 0 spiro atoms. The van der Waals surface area contributed by atoms with Gasteiger partial charge in [-0.1, -0.05) is 0 Å². The van der Waals surface area contributed by atoms with Gasteiger partial charge in [0.2, 0.25) is 0 Å². The number of anilines is 1. The monoisotopic (exact) mass is 540 g/mol. The molecule has 3 aromatic rings. The zero-order valence-electron chi connectivity index (χ0n) is 20.4. The van der Waals surface area contributed by atoms with Crippen molar-refractivity contribution in [2.75, 3.05) is 44.4 Å². The summed E-state index contributed by atoms with van der Waals surface area (Å²) in [5.74, 6) is -1.62. The average molecular weight is 541 g/mol. The molecule has 0 saturated carbocycles. The number of piperazine rings is 1. The summed E-state index contributed by atoms with van der Waals surface area (Å²) in [7, 11) is 3.41. The van der Waals surface area contributed by atoms with E-state index in [4.69, 9.17) is 4.74 Å². The molecule has 1 saturated heterocycles. The Morgan fingerprint density at radius 1 is 1.14 bits per heavy atom. The highest BCUT2D eigenvalue weighted by Crippen LogP contribution is 2.49. The first-order chi connectivity index (χ1) is 17.5. The Kier molecular flexibility index (Phi) is 6.70. The quantitative estimate of drug-likeness (QED) is 0.452. The number of aromatic nitrogens is 2. The molecule has 1 fully saturated rings. The number of halogens is 5. The van der Waals surface area contributed by atoms with Gasteiger partial charge in [-0.3, -0.25) is 4.57 Å². The molecule has 0 bridgehead atoms. The molecular weight excluding hydrogens is 515 g/mol. The van der Waals surface area contributed by atoms with Crippen molar-refractivity contribution in [2.45, 2.75) is 36.7 Å². The van der Waals surface area contributed by atoms with Crippen LogP contribution in [0.3, 0.4) is 0 Å². The van der Waals surface area contributed by atoms with Crippen molar-refractivity contribution in [3.63, 3.8) is 0 Å². The number of thioether (sulfide) groups is 1. The molecule has 0 unspecified atom stereocenters. The van der Waals surface area contributed by atoms with Crippen LogP contribution in [0, 0.1) is 11.6 Å². The molecule has 2 aliphatic heterocycles. The maximum absolute atomic E-state index is 15.0. The molecule has 5 rings (SSSR count). The third-order valence-electron chi connectivity index (χ3n) is 6.94. The van der Waals surface area contributed by atoms with E-state index < -0.39 is 40.7 Å². The maximum atomic E-state index is 15.0. The van der Waals surface area contributed by atoms with Crippen molar-refractivity contribution in [2.24, 2.45) is 0 Å². The SMILES string of the molecule is CO[C@@H]1CSc2c(-c3ccc(F)cc3F)c(C(F)(F)F)cc3c(N4CCN(C)C[C@@H]4C)nc(=O)n(c23)C1. The van der Waals surface area contributed by atoms with Crippen LogP contribution in [0.15, 0.2) is 34.0 Å². The lowest BCUT2D eigenvalue weighted by atomic mass is 9.95. The van der Waals surface area contributed by atoms with E-state index >= 15 is 0 Å². The molecule has 37 heavy (non-hydrogen) atoms. The number of hydrogen-bond donors (Lipinski definition) is 0. The first kappa shape index (κ1) is 25.9. The van der Waals surface area contributed by atoms with Crippen LogP contribution in [-0.2, 0) is 17.5 Å². The van der Waals surface area contributed by atoms with E-state index in [1.165, 1.54) is 11.7 Å². The molecule has 2 aromatic carbocycles. The Morgan fingerprint density at radius 3 is 2.54 bits per heavy atom. The first-order valence-corrected chi connectivity index (χ1v) is 12.7. The molecule has 2 aliphatic rings. The van der Waals surface area contributed by atoms with Crippen molar-refractivity contribution in [3.8, 4) is 11.1 Å². The van der Waals surface area contributed by atoms with Crippen molar-refractivity contribution >= 4 is 28.5 Å². The second kappa shape index (κ2) is 9.55. The van der Waals surface area contributed by atoms with E-state index in [9.17, 15) is 26.7 Å². The summed E-state index contributed by atoms with van der Waals surface area (Å²) < 4.78 is 79.3. The first-order valence-electron chi connectivity index (χ1n) is 11.7. The summed E-state index contributed by atoms with van der Waals surface area (Å²) in [6.45, 7) is 3.77. The minimum atomic E-state index is -4.86. The second-order valence-corrected chi connectivity index (χ2v) is 10.5. The summed E-state index contributed by atoms with van der Waals surface area (Å²) in [6, 6.07) is 3.33. The number of nitrogens with zero attached hydrogens (tertiary/aromatic N) is 4. The van der Waals surface area contributed by atoms with Crippen molar-refractivity contribution in [1.29, 1.82) is 0 Å². The third-order valence-corrected chi connectivity index (χ3v) is 8.16. The Balaban J connectivity index is 1.91. The highest BCUT2D eigenvalue weighted by atomic mass is 32.2. The van der Waals surface area contributed by atoms with Gasteiger partial charge in [-0.15, -0.1) is 11.8 Å². The fourth-order valence-electron chi connectivity index (χ4n) is 5.13. The van der Waals surface area contributed by atoms with Gasteiger partial charge in [-0.05, 0) is 32.2 Å². The van der Waals surface area contributed by atoms with Crippen LogP contribution in [-0.4, -0.2) is 66.1 Å². The Bertz CT molecular complexity index is 1430. The zero-order chi connectivity index (χ0) is 26.6. The smallest absolute Gasteiger partial charge is 0.379 e. The lowest BCUT2D eigenvalue weighted by molar-refractivity contribution is -0.137. The number of likely N-dealkylation sites (N-methyl/N-ethyl adjacent to an activating group) is 1. The van der Waals surface area contributed by atoms with Gasteiger partial charge in [-0.2, -0.15) is 18.2 Å². The van der Waals surface area contributed by atoms with Crippen LogP contribution in [0.1, 0.15) is 12.5 Å². The molecule has 12 heteroatoms. The molecule has 0 amide bonds. The minimum Gasteiger partial charge on any atom is -0.379 e. The number of hydrogen-bond acceptors (Lipinski definition) is 6. The van der Waals surface area contributed by atoms with Crippen molar-refractivity contribution < 1.29 is 26.7 Å². The number of ether oxygens (including phenoxy) is 1. The van der Waals surface area contributed by atoms with Crippen LogP contribution in [0.2, 0.25) is 0 Å². The summed E-state index contributed by atoms with van der Waals surface area (Å²) in [5, 5.41) is 0.161. The Morgan fingerprint density at radius 2 is 1.89 bits per heavy atom. The minimum absolute atomic E-state index is 0.0775. The van der Waals surface area contributed by atoms with Gasteiger partial charge in [0.15, 0.2) is 0 Å². The van der Waals surface area contributed by atoms with Crippen molar-refractivity contribution in [3.05, 3.63) is 51.9 Å². The summed E-state index contributed by atoms with van der Waals surface area (Å²) in [6.07, 6.45) is -5.35. The van der Waals surface area contributed by atoms with E-state index in [0.29, 0.717) is 25.7 Å². The molecule has 198 valence electrons. The summed E-state index contributed by atoms with van der Waals surface area (Å²) >= 11 is 1.06. The van der Waals surface area contributed by atoms with Crippen LogP contribution < -0.4 is 10.6 Å². The fourth-order valence-corrected chi connectivity index (χ4v) is 6.45. The van der Waals surface area contributed by atoms with Gasteiger partial charge < -0.3 is 14.5 Å². The number of benzene rings is 2. The van der Waals surface area contributed by atoms with Gasteiger partial charge in [0.25, 0.3) is 0 Å². The van der Waals surface area contributed by atoms with E-state index in [2.05, 4.69) is 9.88 Å². The molecule has 3 heterocycles. The number of rotatable bonds is 3. The summed E-state index contributed by atoms with van der Waals surface area (Å²) in [4.78, 5) is 21.7. The van der Waals surface area contributed by atoms with E-state index in [-0.39, 0.29) is 45.5 Å². The summed E-state index contributed by atoms with van der Waals surface area (Å²) in [5.41, 5.74) is -2.25. The van der Waals surface area contributed by atoms with Gasteiger partial charge in [-0.25, -0.2) is 13.6 Å².